The Balaban J connectivity index is 3.04. The summed E-state index contributed by atoms with van der Waals surface area (Å²) in [7, 11) is 0. The summed E-state index contributed by atoms with van der Waals surface area (Å²) < 4.78 is 0. The highest BCUT2D eigenvalue weighted by atomic mass is 16.3. The Kier molecular flexibility index (Phi) is 3.19. The molecular formula is C7H9N5O. The predicted molar refractivity (Wildman–Crippen MR) is 45.7 cm³/mol. The van der Waals surface area contributed by atoms with Crippen LogP contribution in [0.25, 0.3) is 10.4 Å². The van der Waals surface area contributed by atoms with Gasteiger partial charge < -0.3 is 5.11 Å². The molecule has 1 atom stereocenters. The minimum Gasteiger partial charge on any atom is -0.396 e. The summed E-state index contributed by atoms with van der Waals surface area (Å²) in [6.07, 6.45) is 2.95. The number of nitrogens with zero attached hydrogens (tertiary/aromatic N) is 5. The lowest BCUT2D eigenvalue weighted by atomic mass is 10.1. The van der Waals surface area contributed by atoms with E-state index in [0.29, 0.717) is 11.3 Å². The van der Waals surface area contributed by atoms with E-state index in [9.17, 15) is 0 Å². The first-order valence-electron chi connectivity index (χ1n) is 3.71. The first-order chi connectivity index (χ1) is 6.29. The van der Waals surface area contributed by atoms with Crippen molar-refractivity contribution in [1.82, 2.24) is 9.97 Å². The Hall–Kier alpha value is -1.65. The minimum absolute atomic E-state index is 0.238. The molecular weight excluding hydrogens is 170 g/mol. The van der Waals surface area contributed by atoms with Gasteiger partial charge in [-0.15, -0.1) is 0 Å². The standard InChI is InChI=1S/C7H9N5O/c1-5-6(2-9-4-10-5)7(3-13)11-12-8/h2,4,7,13H,3H2,1H3. The van der Waals surface area contributed by atoms with Crippen LogP contribution in [0, 0.1) is 6.92 Å². The molecule has 0 aliphatic heterocycles. The van der Waals surface area contributed by atoms with Crippen molar-refractivity contribution < 1.29 is 5.11 Å². The summed E-state index contributed by atoms with van der Waals surface area (Å²) in [6.45, 7) is 1.53. The van der Waals surface area contributed by atoms with Crippen molar-refractivity contribution in [1.29, 1.82) is 0 Å². The van der Waals surface area contributed by atoms with Crippen LogP contribution < -0.4 is 0 Å². The van der Waals surface area contributed by atoms with E-state index < -0.39 is 6.04 Å². The average molecular weight is 179 g/mol. The fraction of sp³-hybridized carbons (Fsp3) is 0.429. The molecule has 0 fully saturated rings. The van der Waals surface area contributed by atoms with Crippen molar-refractivity contribution in [2.75, 3.05) is 6.61 Å². The van der Waals surface area contributed by atoms with Gasteiger partial charge in [-0.3, -0.25) is 0 Å². The number of aryl methyl sites for hydroxylation is 1. The molecule has 1 unspecified atom stereocenters. The van der Waals surface area contributed by atoms with E-state index in [1.54, 1.807) is 6.92 Å². The predicted octanol–water partition coefficient (Wildman–Crippen LogP) is 1.13. The zero-order valence-corrected chi connectivity index (χ0v) is 7.12. The Morgan fingerprint density at radius 2 is 2.54 bits per heavy atom. The van der Waals surface area contributed by atoms with E-state index in [1.807, 2.05) is 0 Å². The number of hydrogen-bond acceptors (Lipinski definition) is 4. The van der Waals surface area contributed by atoms with Crippen LogP contribution in [0.3, 0.4) is 0 Å². The van der Waals surface area contributed by atoms with Gasteiger partial charge in [0, 0.05) is 22.4 Å². The summed E-state index contributed by atoms with van der Waals surface area (Å²) in [4.78, 5) is 10.3. The van der Waals surface area contributed by atoms with Gasteiger partial charge in [0.05, 0.1) is 12.6 Å². The zero-order valence-electron chi connectivity index (χ0n) is 7.12. The number of hydrogen-bond donors (Lipinski definition) is 1. The highest BCUT2D eigenvalue weighted by Crippen LogP contribution is 2.17. The van der Waals surface area contributed by atoms with Crippen molar-refractivity contribution in [3.63, 3.8) is 0 Å². The monoisotopic (exact) mass is 179 g/mol. The molecule has 1 aromatic rings. The third kappa shape index (κ3) is 2.14. The van der Waals surface area contributed by atoms with Gasteiger partial charge >= 0.3 is 0 Å². The molecule has 0 aliphatic rings. The first-order valence-corrected chi connectivity index (χ1v) is 3.71. The molecule has 68 valence electrons. The van der Waals surface area contributed by atoms with E-state index in [1.165, 1.54) is 12.5 Å². The fourth-order valence-corrected chi connectivity index (χ4v) is 0.988. The van der Waals surface area contributed by atoms with E-state index in [2.05, 4.69) is 20.0 Å². The Morgan fingerprint density at radius 3 is 3.08 bits per heavy atom. The van der Waals surface area contributed by atoms with Crippen molar-refractivity contribution in [3.05, 3.63) is 34.2 Å². The van der Waals surface area contributed by atoms with Gasteiger partial charge in [0.25, 0.3) is 0 Å². The molecule has 1 aromatic heterocycles. The quantitative estimate of drug-likeness (QED) is 0.428. The smallest absolute Gasteiger partial charge is 0.115 e. The lowest BCUT2D eigenvalue weighted by Gasteiger charge is -2.08. The minimum atomic E-state index is -0.591. The van der Waals surface area contributed by atoms with Crippen LogP contribution in [-0.4, -0.2) is 21.7 Å². The SMILES string of the molecule is Cc1ncncc1C(CO)N=[N+]=[N-]. The maximum Gasteiger partial charge on any atom is 0.115 e. The number of aliphatic hydroxyl groups is 1. The summed E-state index contributed by atoms with van der Waals surface area (Å²) in [6, 6.07) is -0.591. The molecule has 1 rings (SSSR count). The maximum atomic E-state index is 8.91. The molecule has 0 spiro atoms. The summed E-state index contributed by atoms with van der Waals surface area (Å²) >= 11 is 0. The molecule has 6 heteroatoms. The summed E-state index contributed by atoms with van der Waals surface area (Å²) in [5.41, 5.74) is 9.59. The van der Waals surface area contributed by atoms with Crippen molar-refractivity contribution >= 4 is 0 Å². The van der Waals surface area contributed by atoms with Gasteiger partial charge in [-0.25, -0.2) is 9.97 Å². The van der Waals surface area contributed by atoms with Gasteiger partial charge in [-0.1, -0.05) is 5.11 Å². The van der Waals surface area contributed by atoms with Gasteiger partial charge in [0.2, 0.25) is 0 Å². The van der Waals surface area contributed by atoms with Crippen LogP contribution in [0.2, 0.25) is 0 Å². The Bertz CT molecular complexity index is 333. The van der Waals surface area contributed by atoms with Crippen LogP contribution in [0.5, 0.6) is 0 Å². The average Bonchev–Trinajstić information content (AvgIpc) is 2.16. The molecule has 0 saturated carbocycles. The van der Waals surface area contributed by atoms with Gasteiger partial charge in [0.15, 0.2) is 0 Å². The highest BCUT2D eigenvalue weighted by Gasteiger charge is 2.11. The van der Waals surface area contributed by atoms with Crippen molar-refractivity contribution in [3.8, 4) is 0 Å². The third-order valence-corrected chi connectivity index (χ3v) is 1.67. The lowest BCUT2D eigenvalue weighted by molar-refractivity contribution is 0.267. The maximum absolute atomic E-state index is 8.91. The van der Waals surface area contributed by atoms with E-state index in [0.717, 1.165) is 0 Å². The second-order valence-corrected chi connectivity index (χ2v) is 2.47. The molecule has 0 radical (unpaired) electrons. The number of azide groups is 1. The van der Waals surface area contributed by atoms with Crippen LogP contribution in [0.1, 0.15) is 17.3 Å². The number of aromatic nitrogens is 2. The fourth-order valence-electron chi connectivity index (χ4n) is 0.988. The summed E-state index contributed by atoms with van der Waals surface area (Å²) in [5, 5.41) is 12.3. The molecule has 0 bridgehead atoms. The third-order valence-electron chi connectivity index (χ3n) is 1.67. The Labute approximate surface area is 74.9 Å². The van der Waals surface area contributed by atoms with Gasteiger partial charge in [-0.05, 0) is 12.5 Å². The molecule has 0 aliphatic carbocycles. The highest BCUT2D eigenvalue weighted by molar-refractivity contribution is 5.19. The van der Waals surface area contributed by atoms with E-state index in [4.69, 9.17) is 10.6 Å². The molecule has 6 nitrogen and oxygen atoms in total. The number of aliphatic hydroxyl groups excluding tert-OH is 1. The molecule has 0 aromatic carbocycles. The van der Waals surface area contributed by atoms with E-state index >= 15 is 0 Å². The largest absolute Gasteiger partial charge is 0.396 e. The number of rotatable bonds is 3. The zero-order chi connectivity index (χ0) is 9.68. The van der Waals surface area contributed by atoms with Crippen LogP contribution in [0.15, 0.2) is 17.6 Å². The van der Waals surface area contributed by atoms with Crippen molar-refractivity contribution in [2.24, 2.45) is 5.11 Å². The van der Waals surface area contributed by atoms with Crippen LogP contribution in [-0.2, 0) is 0 Å². The molecule has 1 N–H and O–H groups in total. The van der Waals surface area contributed by atoms with Crippen molar-refractivity contribution in [2.45, 2.75) is 13.0 Å². The normalized spacial score (nSPS) is 11.8. The summed E-state index contributed by atoms with van der Waals surface area (Å²) in [5.74, 6) is 0. The Morgan fingerprint density at radius 1 is 1.77 bits per heavy atom. The molecule has 1 heterocycles. The first kappa shape index (κ1) is 9.44. The van der Waals surface area contributed by atoms with E-state index in [-0.39, 0.29) is 6.61 Å². The van der Waals surface area contributed by atoms with Gasteiger partial charge in [0.1, 0.15) is 6.33 Å². The topological polar surface area (TPSA) is 94.8 Å². The van der Waals surface area contributed by atoms with Gasteiger partial charge in [-0.2, -0.15) is 0 Å². The molecule has 0 amide bonds. The van der Waals surface area contributed by atoms with Crippen LogP contribution >= 0.6 is 0 Å². The second-order valence-electron chi connectivity index (χ2n) is 2.47. The molecule has 0 saturated heterocycles. The lowest BCUT2D eigenvalue weighted by Crippen LogP contribution is -2.04. The van der Waals surface area contributed by atoms with Crippen LogP contribution in [0.4, 0.5) is 0 Å². The molecule has 13 heavy (non-hydrogen) atoms. The second kappa shape index (κ2) is 4.39.